The summed E-state index contributed by atoms with van der Waals surface area (Å²) in [7, 11) is 1.71. The highest BCUT2D eigenvalue weighted by Gasteiger charge is 2.17. The van der Waals surface area contributed by atoms with E-state index in [0.29, 0.717) is 13.0 Å². The van der Waals surface area contributed by atoms with Crippen LogP contribution in [0.5, 0.6) is 0 Å². The van der Waals surface area contributed by atoms with E-state index in [0.717, 1.165) is 6.42 Å². The predicted octanol–water partition coefficient (Wildman–Crippen LogP) is 1.98. The fourth-order valence-corrected chi connectivity index (χ4v) is 1.18. The molecule has 0 rings (SSSR count). The first kappa shape index (κ1) is 14.9. The maximum atomic E-state index is 11.4. The third-order valence-electron chi connectivity index (χ3n) is 1.96. The molecule has 0 N–H and O–H groups in total. The third-order valence-corrected chi connectivity index (χ3v) is 1.96. The van der Waals surface area contributed by atoms with Crippen molar-refractivity contribution < 1.29 is 14.3 Å². The monoisotopic (exact) mass is 229 g/mol. The molecule has 94 valence electrons. The number of amides is 1. The van der Waals surface area contributed by atoms with Gasteiger partial charge in [0.1, 0.15) is 5.60 Å². The van der Waals surface area contributed by atoms with E-state index >= 15 is 0 Å². The first-order chi connectivity index (χ1) is 7.26. The van der Waals surface area contributed by atoms with Crippen LogP contribution < -0.4 is 0 Å². The van der Waals surface area contributed by atoms with E-state index < -0.39 is 5.60 Å². The highest BCUT2D eigenvalue weighted by Crippen LogP contribution is 2.08. The van der Waals surface area contributed by atoms with Crippen LogP contribution in [-0.2, 0) is 14.3 Å². The van der Waals surface area contributed by atoms with Crippen molar-refractivity contribution in [3.05, 3.63) is 0 Å². The summed E-state index contributed by atoms with van der Waals surface area (Å²) in [6.07, 6.45) is 1.61. The van der Waals surface area contributed by atoms with Gasteiger partial charge in [0.2, 0.25) is 5.91 Å². The molecule has 0 radical (unpaired) electrons. The molecular formula is C12H23NO3. The Kier molecular flexibility index (Phi) is 6.08. The third kappa shape index (κ3) is 7.26. The van der Waals surface area contributed by atoms with E-state index in [1.54, 1.807) is 11.9 Å². The van der Waals surface area contributed by atoms with Gasteiger partial charge in [-0.1, -0.05) is 6.92 Å². The van der Waals surface area contributed by atoms with Gasteiger partial charge in [0, 0.05) is 20.0 Å². The first-order valence-electron chi connectivity index (χ1n) is 5.72. The smallest absolute Gasteiger partial charge is 0.308 e. The summed E-state index contributed by atoms with van der Waals surface area (Å²) in [6.45, 7) is 7.87. The number of hydrogen-bond acceptors (Lipinski definition) is 3. The number of rotatable bonds is 5. The van der Waals surface area contributed by atoms with Gasteiger partial charge >= 0.3 is 5.97 Å². The standard InChI is InChI=1S/C12H23NO3/c1-6-7-10(14)13(5)9-8-11(15)16-12(2,3)4/h6-9H2,1-5H3. The summed E-state index contributed by atoms with van der Waals surface area (Å²) in [5.41, 5.74) is -0.455. The van der Waals surface area contributed by atoms with Gasteiger partial charge in [0.15, 0.2) is 0 Å². The molecule has 4 nitrogen and oxygen atoms in total. The molecule has 0 unspecified atom stereocenters. The molecule has 0 saturated carbocycles. The average molecular weight is 229 g/mol. The van der Waals surface area contributed by atoms with Crippen LogP contribution in [0.15, 0.2) is 0 Å². The Morgan fingerprint density at radius 1 is 1.19 bits per heavy atom. The topological polar surface area (TPSA) is 46.6 Å². The maximum Gasteiger partial charge on any atom is 0.308 e. The van der Waals surface area contributed by atoms with Crippen molar-refractivity contribution in [2.45, 2.75) is 52.6 Å². The minimum absolute atomic E-state index is 0.0751. The second-order valence-electron chi connectivity index (χ2n) is 4.90. The molecule has 0 aromatic rings. The van der Waals surface area contributed by atoms with E-state index in [1.807, 2.05) is 27.7 Å². The minimum Gasteiger partial charge on any atom is -0.460 e. The van der Waals surface area contributed by atoms with E-state index in [9.17, 15) is 9.59 Å². The Bertz CT molecular complexity index is 243. The molecule has 0 atom stereocenters. The van der Waals surface area contributed by atoms with Crippen molar-refractivity contribution in [2.75, 3.05) is 13.6 Å². The molecule has 16 heavy (non-hydrogen) atoms. The van der Waals surface area contributed by atoms with E-state index in [-0.39, 0.29) is 18.3 Å². The lowest BCUT2D eigenvalue weighted by atomic mass is 10.2. The van der Waals surface area contributed by atoms with Crippen LogP contribution >= 0.6 is 0 Å². The lowest BCUT2D eigenvalue weighted by Crippen LogP contribution is -2.31. The van der Waals surface area contributed by atoms with Crippen LogP contribution in [0.3, 0.4) is 0 Å². The quantitative estimate of drug-likeness (QED) is 0.677. The molecule has 0 aromatic carbocycles. The number of nitrogens with zero attached hydrogens (tertiary/aromatic N) is 1. The van der Waals surface area contributed by atoms with Gasteiger partial charge in [0.05, 0.1) is 6.42 Å². The van der Waals surface area contributed by atoms with Gasteiger partial charge in [0.25, 0.3) is 0 Å². The Hall–Kier alpha value is -1.06. The van der Waals surface area contributed by atoms with Gasteiger partial charge in [-0.05, 0) is 27.2 Å². The highest BCUT2D eigenvalue weighted by atomic mass is 16.6. The van der Waals surface area contributed by atoms with Crippen molar-refractivity contribution in [1.82, 2.24) is 4.90 Å². The van der Waals surface area contributed by atoms with Crippen LogP contribution in [-0.4, -0.2) is 36.0 Å². The van der Waals surface area contributed by atoms with Gasteiger partial charge in [-0.3, -0.25) is 9.59 Å². The molecule has 4 heteroatoms. The second kappa shape index (κ2) is 6.51. The minimum atomic E-state index is -0.455. The van der Waals surface area contributed by atoms with Gasteiger partial charge in [-0.25, -0.2) is 0 Å². The number of ether oxygens (including phenoxy) is 1. The molecule has 0 aliphatic rings. The molecule has 0 aromatic heterocycles. The summed E-state index contributed by atoms with van der Waals surface area (Å²) in [4.78, 5) is 24.4. The van der Waals surface area contributed by atoms with Crippen LogP contribution in [0.25, 0.3) is 0 Å². The van der Waals surface area contributed by atoms with Crippen molar-refractivity contribution >= 4 is 11.9 Å². The van der Waals surface area contributed by atoms with Crippen LogP contribution in [0.4, 0.5) is 0 Å². The van der Waals surface area contributed by atoms with Gasteiger partial charge in [-0.15, -0.1) is 0 Å². The lowest BCUT2D eigenvalue weighted by molar-refractivity contribution is -0.155. The van der Waals surface area contributed by atoms with Gasteiger partial charge in [-0.2, -0.15) is 0 Å². The summed E-state index contributed by atoms with van der Waals surface area (Å²) >= 11 is 0. The lowest BCUT2D eigenvalue weighted by Gasteiger charge is -2.21. The summed E-state index contributed by atoms with van der Waals surface area (Å²) in [5, 5.41) is 0. The number of carbonyl (C=O) groups excluding carboxylic acids is 2. The predicted molar refractivity (Wildman–Crippen MR) is 63.0 cm³/mol. The zero-order chi connectivity index (χ0) is 12.8. The zero-order valence-electron chi connectivity index (χ0n) is 11.0. The molecule has 0 aliphatic carbocycles. The Balaban J connectivity index is 3.88. The normalized spacial score (nSPS) is 11.1. The fraction of sp³-hybridized carbons (Fsp3) is 0.833. The van der Waals surface area contributed by atoms with E-state index in [4.69, 9.17) is 4.74 Å². The Labute approximate surface area is 98.0 Å². The Morgan fingerprint density at radius 2 is 1.75 bits per heavy atom. The number of hydrogen-bond donors (Lipinski definition) is 0. The summed E-state index contributed by atoms with van der Waals surface area (Å²) in [5.74, 6) is -0.185. The molecule has 1 amide bonds. The largest absolute Gasteiger partial charge is 0.460 e. The maximum absolute atomic E-state index is 11.4. The molecule has 0 bridgehead atoms. The van der Waals surface area contributed by atoms with Gasteiger partial charge < -0.3 is 9.64 Å². The average Bonchev–Trinajstić information content (AvgIpc) is 2.11. The summed E-state index contributed by atoms with van der Waals surface area (Å²) < 4.78 is 5.15. The highest BCUT2D eigenvalue weighted by molar-refractivity contribution is 5.77. The molecular weight excluding hydrogens is 206 g/mol. The zero-order valence-corrected chi connectivity index (χ0v) is 11.0. The van der Waals surface area contributed by atoms with Crippen molar-refractivity contribution in [3.8, 4) is 0 Å². The van der Waals surface area contributed by atoms with Crippen molar-refractivity contribution in [1.29, 1.82) is 0 Å². The van der Waals surface area contributed by atoms with Crippen molar-refractivity contribution in [3.63, 3.8) is 0 Å². The first-order valence-corrected chi connectivity index (χ1v) is 5.72. The molecule has 0 spiro atoms. The van der Waals surface area contributed by atoms with Crippen LogP contribution in [0, 0.1) is 0 Å². The van der Waals surface area contributed by atoms with E-state index in [1.165, 1.54) is 0 Å². The fourth-order valence-electron chi connectivity index (χ4n) is 1.18. The second-order valence-corrected chi connectivity index (χ2v) is 4.90. The molecule has 0 aliphatic heterocycles. The molecule has 0 heterocycles. The Morgan fingerprint density at radius 3 is 2.19 bits per heavy atom. The number of carbonyl (C=O) groups is 2. The van der Waals surface area contributed by atoms with Crippen LogP contribution in [0.1, 0.15) is 47.0 Å². The number of esters is 1. The summed E-state index contributed by atoms with van der Waals surface area (Å²) in [6, 6.07) is 0. The van der Waals surface area contributed by atoms with Crippen LogP contribution in [0.2, 0.25) is 0 Å². The molecule has 0 saturated heterocycles. The molecule has 0 fully saturated rings. The van der Waals surface area contributed by atoms with E-state index in [2.05, 4.69) is 0 Å². The SMILES string of the molecule is CCCC(=O)N(C)CCC(=O)OC(C)(C)C. The van der Waals surface area contributed by atoms with Crippen molar-refractivity contribution in [2.24, 2.45) is 0 Å².